The number of hydrogen-bond donors (Lipinski definition) is 1. The smallest absolute Gasteiger partial charge is 0.292 e. The number of rotatable bonds is 7. The minimum absolute atomic E-state index is 0.0893. The molecule has 166 valence electrons. The number of hydrogen-bond acceptors (Lipinski definition) is 6. The lowest BCUT2D eigenvalue weighted by molar-refractivity contribution is -0.384. The minimum Gasteiger partial charge on any atom is -0.459 e. The van der Waals surface area contributed by atoms with Crippen LogP contribution in [-0.2, 0) is 11.3 Å². The van der Waals surface area contributed by atoms with Gasteiger partial charge in [0.05, 0.1) is 18.0 Å². The van der Waals surface area contributed by atoms with Gasteiger partial charge < -0.3 is 14.6 Å². The first kappa shape index (κ1) is 21.9. The van der Waals surface area contributed by atoms with E-state index in [9.17, 15) is 14.9 Å². The van der Waals surface area contributed by atoms with Crippen molar-refractivity contribution in [2.75, 3.05) is 37.6 Å². The number of benzene rings is 2. The van der Waals surface area contributed by atoms with Crippen LogP contribution < -0.4 is 10.2 Å². The van der Waals surface area contributed by atoms with Crippen LogP contribution in [0.5, 0.6) is 0 Å². The third kappa shape index (κ3) is 5.27. The Kier molecular flexibility index (Phi) is 6.72. The van der Waals surface area contributed by atoms with Gasteiger partial charge in [0.1, 0.15) is 17.2 Å². The average Bonchev–Trinajstić information content (AvgIpc) is 3.28. The lowest BCUT2D eigenvalue weighted by Gasteiger charge is -2.35. The molecule has 0 aliphatic carbocycles. The summed E-state index contributed by atoms with van der Waals surface area (Å²) < 4.78 is 5.81. The molecule has 8 nitrogen and oxygen atoms in total. The average molecular weight is 455 g/mol. The van der Waals surface area contributed by atoms with E-state index in [-0.39, 0.29) is 23.1 Å². The van der Waals surface area contributed by atoms with Gasteiger partial charge in [0.15, 0.2) is 0 Å². The van der Waals surface area contributed by atoms with Crippen molar-refractivity contribution in [1.29, 1.82) is 0 Å². The Morgan fingerprint density at radius 3 is 2.47 bits per heavy atom. The van der Waals surface area contributed by atoms with Gasteiger partial charge in [-0.05, 0) is 42.5 Å². The van der Waals surface area contributed by atoms with Crippen LogP contribution in [0.15, 0.2) is 65.1 Å². The fraction of sp³-hybridized carbons (Fsp3) is 0.261. The van der Waals surface area contributed by atoms with Gasteiger partial charge in [-0.1, -0.05) is 23.7 Å². The maximum absolute atomic E-state index is 12.4. The predicted octanol–water partition coefficient (Wildman–Crippen LogP) is 3.95. The molecule has 32 heavy (non-hydrogen) atoms. The maximum Gasteiger partial charge on any atom is 0.292 e. The number of piperazine rings is 1. The van der Waals surface area contributed by atoms with Crippen molar-refractivity contribution in [3.63, 3.8) is 0 Å². The van der Waals surface area contributed by atoms with Gasteiger partial charge in [-0.3, -0.25) is 19.8 Å². The summed E-state index contributed by atoms with van der Waals surface area (Å²) in [6.45, 7) is 3.14. The van der Waals surface area contributed by atoms with Gasteiger partial charge in [0.25, 0.3) is 5.69 Å². The highest BCUT2D eigenvalue weighted by atomic mass is 35.5. The molecule has 1 aliphatic heterocycles. The van der Waals surface area contributed by atoms with Crippen LogP contribution in [-0.4, -0.2) is 48.5 Å². The SMILES string of the molecule is O=C(CN1CCN(c2ccccc2[N+](=O)[O-])CC1)NCc1ccc(-c2ccc(Cl)cc2)o1. The zero-order chi connectivity index (χ0) is 22.5. The first-order chi connectivity index (χ1) is 15.5. The number of nitrogens with one attached hydrogen (secondary N) is 1. The highest BCUT2D eigenvalue weighted by molar-refractivity contribution is 6.30. The maximum atomic E-state index is 12.4. The first-order valence-electron chi connectivity index (χ1n) is 10.3. The number of carbonyl (C=O) groups excluding carboxylic acids is 1. The van der Waals surface area contributed by atoms with E-state index < -0.39 is 0 Å². The third-order valence-electron chi connectivity index (χ3n) is 5.41. The van der Waals surface area contributed by atoms with Gasteiger partial charge in [0, 0.05) is 42.8 Å². The van der Waals surface area contributed by atoms with Crippen LogP contribution in [0, 0.1) is 10.1 Å². The minimum atomic E-state index is -0.359. The molecule has 1 N–H and O–H groups in total. The molecule has 1 amide bonds. The lowest BCUT2D eigenvalue weighted by atomic mass is 10.2. The largest absolute Gasteiger partial charge is 0.459 e. The second-order valence-electron chi connectivity index (χ2n) is 7.56. The van der Waals surface area contributed by atoms with E-state index in [2.05, 4.69) is 5.32 Å². The summed E-state index contributed by atoms with van der Waals surface area (Å²) in [6, 6.07) is 17.8. The molecular weight excluding hydrogens is 432 g/mol. The Morgan fingerprint density at radius 2 is 1.75 bits per heavy atom. The van der Waals surface area contributed by atoms with E-state index >= 15 is 0 Å². The van der Waals surface area contributed by atoms with Crippen LogP contribution in [0.1, 0.15) is 5.76 Å². The molecule has 2 aromatic carbocycles. The van der Waals surface area contributed by atoms with Crippen molar-refractivity contribution in [1.82, 2.24) is 10.2 Å². The monoisotopic (exact) mass is 454 g/mol. The summed E-state index contributed by atoms with van der Waals surface area (Å²) in [6.07, 6.45) is 0. The van der Waals surface area contributed by atoms with E-state index in [1.807, 2.05) is 34.1 Å². The Bertz CT molecular complexity index is 1090. The molecule has 1 fully saturated rings. The number of nitrogens with zero attached hydrogens (tertiary/aromatic N) is 3. The van der Waals surface area contributed by atoms with Gasteiger partial charge in [-0.15, -0.1) is 0 Å². The molecule has 0 spiro atoms. The number of carbonyl (C=O) groups is 1. The number of anilines is 1. The molecule has 3 aromatic rings. The van der Waals surface area contributed by atoms with Gasteiger partial charge in [-0.25, -0.2) is 0 Å². The quantitative estimate of drug-likeness (QED) is 0.429. The Balaban J connectivity index is 1.25. The van der Waals surface area contributed by atoms with Crippen molar-refractivity contribution in [3.05, 3.63) is 81.6 Å². The number of nitro benzene ring substituents is 1. The standard InChI is InChI=1S/C23H23ClN4O4/c24-18-7-5-17(6-8-18)22-10-9-19(32-22)15-25-23(29)16-26-11-13-27(14-12-26)20-3-1-2-4-21(20)28(30)31/h1-10H,11-16H2,(H,25,29). The number of halogens is 1. The van der Waals surface area contributed by atoms with E-state index in [0.717, 1.165) is 11.3 Å². The van der Waals surface area contributed by atoms with Crippen molar-refractivity contribution in [3.8, 4) is 11.3 Å². The van der Waals surface area contributed by atoms with Gasteiger partial charge in [0.2, 0.25) is 5.91 Å². The van der Waals surface area contributed by atoms with Crippen molar-refractivity contribution in [2.45, 2.75) is 6.54 Å². The van der Waals surface area contributed by atoms with E-state index in [4.69, 9.17) is 16.0 Å². The van der Waals surface area contributed by atoms with Crippen LogP contribution in [0.4, 0.5) is 11.4 Å². The number of para-hydroxylation sites is 2. The summed E-state index contributed by atoms with van der Waals surface area (Å²) in [5.74, 6) is 1.30. The molecule has 9 heteroatoms. The van der Waals surface area contributed by atoms with Gasteiger partial charge >= 0.3 is 0 Å². The predicted molar refractivity (Wildman–Crippen MR) is 123 cm³/mol. The summed E-state index contributed by atoms with van der Waals surface area (Å²) in [7, 11) is 0. The first-order valence-corrected chi connectivity index (χ1v) is 10.7. The van der Waals surface area contributed by atoms with E-state index in [1.54, 1.807) is 30.3 Å². The number of furan rings is 1. The Morgan fingerprint density at radius 1 is 1.03 bits per heavy atom. The fourth-order valence-corrected chi connectivity index (χ4v) is 3.85. The molecule has 0 atom stereocenters. The summed E-state index contributed by atoms with van der Waals surface area (Å²) in [5, 5.41) is 14.8. The summed E-state index contributed by atoms with van der Waals surface area (Å²) in [5.41, 5.74) is 1.65. The molecule has 4 rings (SSSR count). The molecule has 0 radical (unpaired) electrons. The van der Waals surface area contributed by atoms with Crippen LogP contribution in [0.2, 0.25) is 5.02 Å². The molecule has 1 aromatic heterocycles. The highest BCUT2D eigenvalue weighted by Gasteiger charge is 2.24. The highest BCUT2D eigenvalue weighted by Crippen LogP contribution is 2.28. The molecule has 1 saturated heterocycles. The Hall–Kier alpha value is -3.36. The zero-order valence-corrected chi connectivity index (χ0v) is 18.1. The van der Waals surface area contributed by atoms with Crippen molar-refractivity contribution >= 4 is 28.9 Å². The number of nitro groups is 1. The zero-order valence-electron chi connectivity index (χ0n) is 17.4. The van der Waals surface area contributed by atoms with E-state index in [1.165, 1.54) is 6.07 Å². The molecule has 0 unspecified atom stereocenters. The van der Waals surface area contributed by atoms with Crippen molar-refractivity contribution < 1.29 is 14.1 Å². The topological polar surface area (TPSA) is 91.9 Å². The van der Waals surface area contributed by atoms with Crippen LogP contribution in [0.3, 0.4) is 0 Å². The molecule has 0 bridgehead atoms. The Labute approximate surface area is 190 Å². The second kappa shape index (κ2) is 9.84. The third-order valence-corrected chi connectivity index (χ3v) is 5.66. The van der Waals surface area contributed by atoms with E-state index in [0.29, 0.717) is 49.2 Å². The molecule has 0 saturated carbocycles. The van der Waals surface area contributed by atoms with Gasteiger partial charge in [-0.2, -0.15) is 0 Å². The molecule has 1 aliphatic rings. The van der Waals surface area contributed by atoms with Crippen molar-refractivity contribution in [2.24, 2.45) is 0 Å². The fourth-order valence-electron chi connectivity index (χ4n) is 3.72. The van der Waals surface area contributed by atoms with Crippen LogP contribution in [0.25, 0.3) is 11.3 Å². The summed E-state index contributed by atoms with van der Waals surface area (Å²) in [4.78, 5) is 27.3. The second-order valence-corrected chi connectivity index (χ2v) is 8.00. The molecule has 2 heterocycles. The summed E-state index contributed by atoms with van der Waals surface area (Å²) >= 11 is 5.92. The van der Waals surface area contributed by atoms with Crippen LogP contribution >= 0.6 is 11.6 Å². The molecular formula is C23H23ClN4O4. The normalized spacial score (nSPS) is 14.3. The number of amides is 1. The lowest BCUT2D eigenvalue weighted by Crippen LogP contribution is -2.49.